The summed E-state index contributed by atoms with van der Waals surface area (Å²) in [6.45, 7) is 3.51. The highest BCUT2D eigenvalue weighted by Gasteiger charge is 2.22. The summed E-state index contributed by atoms with van der Waals surface area (Å²) in [6, 6.07) is 7.52. The summed E-state index contributed by atoms with van der Waals surface area (Å²) in [5.74, 6) is -4.58. The molecule has 2 aromatic rings. The predicted molar refractivity (Wildman–Crippen MR) is 105 cm³/mol. The van der Waals surface area contributed by atoms with Crippen molar-refractivity contribution in [1.29, 1.82) is 0 Å². The van der Waals surface area contributed by atoms with Crippen molar-refractivity contribution in [3.63, 3.8) is 0 Å². The Kier molecular flexibility index (Phi) is 7.74. The maximum absolute atomic E-state index is 13.2. The van der Waals surface area contributed by atoms with E-state index >= 15 is 0 Å². The minimum atomic E-state index is -1.61. The number of halogens is 3. The highest BCUT2D eigenvalue weighted by Crippen LogP contribution is 2.27. The van der Waals surface area contributed by atoms with Crippen LogP contribution in [0.1, 0.15) is 49.4 Å². The van der Waals surface area contributed by atoms with Crippen LogP contribution in [0.2, 0.25) is 0 Å². The fourth-order valence-corrected chi connectivity index (χ4v) is 3.41. The highest BCUT2D eigenvalue weighted by atomic mass is 19.2. The number of carbonyl (C=O) groups excluding carboxylic acids is 1. The molecule has 0 bridgehead atoms. The molecule has 1 saturated carbocycles. The van der Waals surface area contributed by atoms with E-state index in [0.29, 0.717) is 36.5 Å². The average molecular weight is 422 g/mol. The summed E-state index contributed by atoms with van der Waals surface area (Å²) in [6.07, 6.45) is 5.60. The molecule has 0 heterocycles. The second-order valence-electron chi connectivity index (χ2n) is 7.44. The van der Waals surface area contributed by atoms with Gasteiger partial charge in [0.25, 0.3) is 0 Å². The molecule has 0 atom stereocenters. The van der Waals surface area contributed by atoms with Gasteiger partial charge in [-0.25, -0.2) is 18.0 Å². The zero-order chi connectivity index (χ0) is 21.5. The molecule has 0 aromatic heterocycles. The maximum Gasteiger partial charge on any atom is 0.343 e. The van der Waals surface area contributed by atoms with Gasteiger partial charge < -0.3 is 14.2 Å². The predicted octanol–water partition coefficient (Wildman–Crippen LogP) is 5.69. The van der Waals surface area contributed by atoms with E-state index in [4.69, 9.17) is 14.2 Å². The lowest BCUT2D eigenvalue weighted by atomic mass is 9.88. The largest absolute Gasteiger partial charge is 0.493 e. The average Bonchev–Trinajstić information content (AvgIpc) is 2.75. The van der Waals surface area contributed by atoms with Gasteiger partial charge in [-0.2, -0.15) is 0 Å². The maximum atomic E-state index is 13.2. The van der Waals surface area contributed by atoms with Gasteiger partial charge in [0.05, 0.1) is 18.3 Å². The quantitative estimate of drug-likeness (QED) is 0.312. The summed E-state index contributed by atoms with van der Waals surface area (Å²) in [7, 11) is 0. The fourth-order valence-electron chi connectivity index (χ4n) is 3.41. The molecule has 30 heavy (non-hydrogen) atoms. The molecule has 162 valence electrons. The molecule has 7 heteroatoms. The number of esters is 1. The van der Waals surface area contributed by atoms with Crippen molar-refractivity contribution in [2.24, 2.45) is 5.92 Å². The second-order valence-corrected chi connectivity index (χ2v) is 7.44. The van der Waals surface area contributed by atoms with Gasteiger partial charge in [-0.15, -0.1) is 0 Å². The zero-order valence-electron chi connectivity index (χ0n) is 16.8. The summed E-state index contributed by atoms with van der Waals surface area (Å²) < 4.78 is 56.0. The van der Waals surface area contributed by atoms with Gasteiger partial charge in [-0.05, 0) is 62.3 Å². The first-order valence-electron chi connectivity index (χ1n) is 10.2. The molecular weight excluding hydrogens is 397 g/mol. The Morgan fingerprint density at radius 1 is 0.967 bits per heavy atom. The van der Waals surface area contributed by atoms with Gasteiger partial charge in [0.15, 0.2) is 17.5 Å². The van der Waals surface area contributed by atoms with Gasteiger partial charge in [0.1, 0.15) is 11.5 Å². The van der Waals surface area contributed by atoms with Crippen LogP contribution >= 0.6 is 0 Å². The summed E-state index contributed by atoms with van der Waals surface area (Å²) in [5.41, 5.74) is 0.182. The Hall–Kier alpha value is -2.54. The van der Waals surface area contributed by atoms with Gasteiger partial charge in [0, 0.05) is 18.7 Å². The monoisotopic (exact) mass is 422 g/mol. The standard InChI is InChI=1S/C23H25F3O4/c1-2-11-28-17-7-3-15(4-8-17)14-29-18-9-5-16(6-10-18)23(27)30-19-12-20(24)22(26)21(25)13-19/h5-6,9-10,12-13,15,17H,2-4,7-8,11,14H2,1H3. The van der Waals surface area contributed by atoms with Gasteiger partial charge >= 0.3 is 5.97 Å². The zero-order valence-corrected chi connectivity index (χ0v) is 16.8. The minimum Gasteiger partial charge on any atom is -0.493 e. The lowest BCUT2D eigenvalue weighted by molar-refractivity contribution is 0.0132. The van der Waals surface area contributed by atoms with Crippen LogP contribution in [-0.2, 0) is 4.74 Å². The molecule has 1 fully saturated rings. The van der Waals surface area contributed by atoms with E-state index in [2.05, 4.69) is 6.92 Å². The molecule has 4 nitrogen and oxygen atoms in total. The fraction of sp³-hybridized carbons (Fsp3) is 0.435. The van der Waals surface area contributed by atoms with E-state index in [0.717, 1.165) is 38.7 Å². The van der Waals surface area contributed by atoms with Crippen LogP contribution in [0.15, 0.2) is 36.4 Å². The second kappa shape index (κ2) is 10.5. The molecule has 0 unspecified atom stereocenters. The number of ether oxygens (including phenoxy) is 3. The van der Waals surface area contributed by atoms with Crippen molar-refractivity contribution >= 4 is 5.97 Å². The van der Waals surface area contributed by atoms with E-state index in [9.17, 15) is 18.0 Å². The Balaban J connectivity index is 1.47. The molecule has 0 amide bonds. The summed E-state index contributed by atoms with van der Waals surface area (Å²) in [4.78, 5) is 12.1. The number of benzene rings is 2. The minimum absolute atomic E-state index is 0.182. The Morgan fingerprint density at radius 2 is 1.60 bits per heavy atom. The summed E-state index contributed by atoms with van der Waals surface area (Å²) in [5, 5.41) is 0. The van der Waals surface area contributed by atoms with Gasteiger partial charge in [0.2, 0.25) is 0 Å². The van der Waals surface area contributed by atoms with Crippen molar-refractivity contribution in [2.75, 3.05) is 13.2 Å². The molecular formula is C23H25F3O4. The molecule has 0 saturated heterocycles. The van der Waals surface area contributed by atoms with Gasteiger partial charge in [-0.3, -0.25) is 0 Å². The molecule has 0 N–H and O–H groups in total. The van der Waals surface area contributed by atoms with Crippen molar-refractivity contribution in [1.82, 2.24) is 0 Å². The molecule has 1 aliphatic carbocycles. The topological polar surface area (TPSA) is 44.8 Å². The first kappa shape index (κ1) is 22.2. The van der Waals surface area contributed by atoms with Crippen molar-refractivity contribution in [3.8, 4) is 11.5 Å². The molecule has 0 radical (unpaired) electrons. The number of hydrogen-bond donors (Lipinski definition) is 0. The Bertz CT molecular complexity index is 823. The third-order valence-corrected chi connectivity index (χ3v) is 5.10. The Morgan fingerprint density at radius 3 is 2.20 bits per heavy atom. The van der Waals surface area contributed by atoms with E-state index in [1.165, 1.54) is 12.1 Å². The smallest absolute Gasteiger partial charge is 0.343 e. The van der Waals surface area contributed by atoms with E-state index in [-0.39, 0.29) is 5.56 Å². The molecule has 1 aliphatic rings. The normalized spacial score (nSPS) is 18.8. The van der Waals surface area contributed by atoms with E-state index in [1.54, 1.807) is 12.1 Å². The highest BCUT2D eigenvalue weighted by molar-refractivity contribution is 5.91. The first-order chi connectivity index (χ1) is 14.5. The number of rotatable bonds is 8. The van der Waals surface area contributed by atoms with Crippen molar-refractivity contribution in [3.05, 3.63) is 59.4 Å². The third-order valence-electron chi connectivity index (χ3n) is 5.10. The lowest BCUT2D eigenvalue weighted by Gasteiger charge is -2.28. The third kappa shape index (κ3) is 5.98. The number of hydrogen-bond acceptors (Lipinski definition) is 4. The van der Waals surface area contributed by atoms with Gasteiger partial charge in [-0.1, -0.05) is 6.92 Å². The van der Waals surface area contributed by atoms with Crippen LogP contribution < -0.4 is 9.47 Å². The van der Waals surface area contributed by atoms with Crippen LogP contribution in [0.25, 0.3) is 0 Å². The SMILES string of the molecule is CCCOC1CCC(COc2ccc(C(=O)Oc3cc(F)c(F)c(F)c3)cc2)CC1. The van der Waals surface area contributed by atoms with Crippen LogP contribution in [0.5, 0.6) is 11.5 Å². The molecule has 2 aromatic carbocycles. The summed E-state index contributed by atoms with van der Waals surface area (Å²) >= 11 is 0. The molecule has 0 spiro atoms. The van der Waals surface area contributed by atoms with E-state index in [1.807, 2.05) is 0 Å². The van der Waals surface area contributed by atoms with Crippen LogP contribution in [0.3, 0.4) is 0 Å². The van der Waals surface area contributed by atoms with E-state index < -0.39 is 29.2 Å². The van der Waals surface area contributed by atoms with Crippen LogP contribution in [0.4, 0.5) is 13.2 Å². The van der Waals surface area contributed by atoms with Crippen LogP contribution in [0, 0.1) is 23.4 Å². The number of carbonyl (C=O) groups is 1. The molecule has 0 aliphatic heterocycles. The molecule has 3 rings (SSSR count). The van der Waals surface area contributed by atoms with Crippen LogP contribution in [-0.4, -0.2) is 25.3 Å². The first-order valence-corrected chi connectivity index (χ1v) is 10.2. The lowest BCUT2D eigenvalue weighted by Crippen LogP contribution is -2.25. The Labute approximate surface area is 173 Å². The van der Waals surface area contributed by atoms with Crippen molar-refractivity contribution < 1.29 is 32.2 Å². The van der Waals surface area contributed by atoms with Crippen molar-refractivity contribution in [2.45, 2.75) is 45.1 Å².